The molecule has 2 fully saturated rings. The molecule has 4 rings (SSSR count). The second kappa shape index (κ2) is 8.03. The maximum absolute atomic E-state index is 13.1. The number of carbonyl (C=O) groups is 1. The van der Waals surface area contributed by atoms with Crippen LogP contribution < -0.4 is 10.2 Å². The zero-order valence-corrected chi connectivity index (χ0v) is 17.2. The highest BCUT2D eigenvalue weighted by Gasteiger charge is 2.38. The minimum Gasteiger partial charge on any atom is -0.355 e. The molecule has 164 valence electrons. The lowest BCUT2D eigenvalue weighted by Crippen LogP contribution is -2.48. The molecule has 0 aromatic carbocycles. The summed E-state index contributed by atoms with van der Waals surface area (Å²) in [6.45, 7) is 5.58. The number of anilines is 1. The number of aromatic nitrogens is 4. The van der Waals surface area contributed by atoms with Gasteiger partial charge < -0.3 is 10.2 Å². The van der Waals surface area contributed by atoms with E-state index >= 15 is 0 Å². The van der Waals surface area contributed by atoms with Crippen LogP contribution in [0.25, 0.3) is 5.65 Å². The van der Waals surface area contributed by atoms with Crippen LogP contribution in [0.2, 0.25) is 0 Å². The summed E-state index contributed by atoms with van der Waals surface area (Å²) >= 11 is 0. The van der Waals surface area contributed by atoms with E-state index in [4.69, 9.17) is 0 Å². The Kier molecular flexibility index (Phi) is 5.59. The number of nitrogens with one attached hydrogen (secondary N) is 1. The monoisotopic (exact) mass is 424 g/mol. The number of nitrogens with zero attached hydrogens (tertiary/aromatic N) is 5. The van der Waals surface area contributed by atoms with E-state index in [0.29, 0.717) is 43.6 Å². The topological polar surface area (TPSA) is 75.4 Å². The second-order valence-corrected chi connectivity index (χ2v) is 8.63. The van der Waals surface area contributed by atoms with Crippen LogP contribution in [0.1, 0.15) is 51.8 Å². The Balaban J connectivity index is 1.39. The Morgan fingerprint density at radius 3 is 2.53 bits per heavy atom. The van der Waals surface area contributed by atoms with E-state index in [9.17, 15) is 18.0 Å². The second-order valence-electron chi connectivity index (χ2n) is 8.63. The van der Waals surface area contributed by atoms with Gasteiger partial charge >= 0.3 is 6.18 Å². The van der Waals surface area contributed by atoms with Crippen molar-refractivity contribution in [1.29, 1.82) is 0 Å². The van der Waals surface area contributed by atoms with E-state index in [1.807, 2.05) is 4.90 Å². The fourth-order valence-corrected chi connectivity index (χ4v) is 4.58. The zero-order chi connectivity index (χ0) is 21.5. The first-order chi connectivity index (χ1) is 14.2. The van der Waals surface area contributed by atoms with Gasteiger partial charge in [-0.1, -0.05) is 26.7 Å². The summed E-state index contributed by atoms with van der Waals surface area (Å²) in [5.41, 5.74) is 0.0520. The van der Waals surface area contributed by atoms with E-state index in [-0.39, 0.29) is 23.5 Å². The molecule has 3 unspecified atom stereocenters. The van der Waals surface area contributed by atoms with Crippen molar-refractivity contribution < 1.29 is 18.0 Å². The molecule has 0 spiro atoms. The number of rotatable bonds is 3. The fourth-order valence-electron chi connectivity index (χ4n) is 4.58. The van der Waals surface area contributed by atoms with Gasteiger partial charge in [0.1, 0.15) is 5.82 Å². The molecule has 1 saturated heterocycles. The van der Waals surface area contributed by atoms with Crippen LogP contribution in [-0.4, -0.2) is 44.8 Å². The van der Waals surface area contributed by atoms with Gasteiger partial charge in [-0.25, -0.2) is 0 Å². The largest absolute Gasteiger partial charge is 0.453 e. The van der Waals surface area contributed by atoms with Gasteiger partial charge in [0.15, 0.2) is 5.65 Å². The van der Waals surface area contributed by atoms with Crippen molar-refractivity contribution in [3.8, 4) is 0 Å². The van der Waals surface area contributed by atoms with E-state index in [0.717, 1.165) is 17.4 Å². The van der Waals surface area contributed by atoms with Gasteiger partial charge in [0.2, 0.25) is 5.91 Å². The normalized spacial score (nSPS) is 26.2. The number of amides is 1. The van der Waals surface area contributed by atoms with Gasteiger partial charge in [-0.05, 0) is 43.2 Å². The van der Waals surface area contributed by atoms with Crippen molar-refractivity contribution in [3.63, 3.8) is 0 Å². The van der Waals surface area contributed by atoms with Crippen LogP contribution in [0.15, 0.2) is 12.1 Å². The Morgan fingerprint density at radius 1 is 1.10 bits per heavy atom. The van der Waals surface area contributed by atoms with Crippen LogP contribution in [0.4, 0.5) is 19.0 Å². The van der Waals surface area contributed by atoms with Crippen molar-refractivity contribution in [1.82, 2.24) is 25.1 Å². The Hall–Kier alpha value is -2.39. The van der Waals surface area contributed by atoms with Crippen LogP contribution in [0.3, 0.4) is 0 Å². The van der Waals surface area contributed by atoms with Gasteiger partial charge in [-0.3, -0.25) is 4.79 Å². The first-order valence-corrected chi connectivity index (χ1v) is 10.6. The Morgan fingerprint density at radius 2 is 1.83 bits per heavy atom. The molecule has 3 atom stereocenters. The number of halogens is 3. The van der Waals surface area contributed by atoms with Crippen LogP contribution >= 0.6 is 0 Å². The number of hydrogen-bond acceptors (Lipinski definition) is 5. The van der Waals surface area contributed by atoms with Gasteiger partial charge in [-0.2, -0.15) is 17.7 Å². The molecular weight excluding hydrogens is 397 g/mol. The van der Waals surface area contributed by atoms with Crippen molar-refractivity contribution in [2.45, 2.75) is 58.2 Å². The third kappa shape index (κ3) is 4.09. The first kappa shape index (κ1) is 20.9. The first-order valence-electron chi connectivity index (χ1n) is 10.6. The number of piperidine rings is 1. The SMILES string of the molecule is CC1CCCC(NC(=O)C2CCN(c3ccc4nnc(C(F)(F)F)n4n3)CC2)C1C. The Bertz CT molecular complexity index is 906. The summed E-state index contributed by atoms with van der Waals surface area (Å²) in [6.07, 6.45) is 0.0647. The summed E-state index contributed by atoms with van der Waals surface area (Å²) in [6, 6.07) is 3.36. The standard InChI is InChI=1S/C20H27F3N6O/c1-12-4-3-5-15(13(12)2)24-18(30)14-8-10-28(11-9-14)17-7-6-16-25-26-19(20(21,22)23)29(16)27-17/h6-7,12-15H,3-5,8-11H2,1-2H3,(H,24,30). The number of carbonyl (C=O) groups excluding carboxylic acids is 1. The summed E-state index contributed by atoms with van der Waals surface area (Å²) in [4.78, 5) is 14.7. The molecule has 2 aliphatic rings. The molecule has 1 aliphatic carbocycles. The molecule has 1 N–H and O–H groups in total. The average molecular weight is 424 g/mol. The molecular formula is C20H27F3N6O. The smallest absolute Gasteiger partial charge is 0.355 e. The third-order valence-electron chi connectivity index (χ3n) is 6.73. The average Bonchev–Trinajstić information content (AvgIpc) is 3.15. The third-order valence-corrected chi connectivity index (χ3v) is 6.73. The van der Waals surface area contributed by atoms with Crippen molar-refractivity contribution in [2.75, 3.05) is 18.0 Å². The molecule has 1 amide bonds. The molecule has 1 aliphatic heterocycles. The minimum absolute atomic E-state index is 0.0520. The molecule has 30 heavy (non-hydrogen) atoms. The van der Waals surface area contributed by atoms with Crippen molar-refractivity contribution >= 4 is 17.4 Å². The van der Waals surface area contributed by atoms with Gasteiger partial charge in [-0.15, -0.1) is 15.3 Å². The predicted molar refractivity (Wildman–Crippen MR) is 105 cm³/mol. The lowest BCUT2D eigenvalue weighted by molar-refractivity contribution is -0.146. The van der Waals surface area contributed by atoms with Crippen LogP contribution in [0, 0.1) is 17.8 Å². The highest BCUT2D eigenvalue weighted by Crippen LogP contribution is 2.31. The number of alkyl halides is 3. The summed E-state index contributed by atoms with van der Waals surface area (Å²) in [7, 11) is 0. The summed E-state index contributed by atoms with van der Waals surface area (Å²) in [5.74, 6) is 0.416. The van der Waals surface area contributed by atoms with Gasteiger partial charge in [0.05, 0.1) is 0 Å². The molecule has 0 bridgehead atoms. The zero-order valence-electron chi connectivity index (χ0n) is 17.2. The molecule has 10 heteroatoms. The van der Waals surface area contributed by atoms with Crippen LogP contribution in [0.5, 0.6) is 0 Å². The van der Waals surface area contributed by atoms with E-state index in [2.05, 4.69) is 34.5 Å². The van der Waals surface area contributed by atoms with Crippen LogP contribution in [-0.2, 0) is 11.0 Å². The lowest BCUT2D eigenvalue weighted by atomic mass is 9.78. The molecule has 3 heterocycles. The minimum atomic E-state index is -4.62. The fraction of sp³-hybridized carbons (Fsp3) is 0.700. The maximum Gasteiger partial charge on any atom is 0.453 e. The van der Waals surface area contributed by atoms with Gasteiger partial charge in [0, 0.05) is 25.0 Å². The van der Waals surface area contributed by atoms with E-state index < -0.39 is 12.0 Å². The maximum atomic E-state index is 13.1. The summed E-state index contributed by atoms with van der Waals surface area (Å²) < 4.78 is 40.0. The van der Waals surface area contributed by atoms with Gasteiger partial charge in [0.25, 0.3) is 5.82 Å². The van der Waals surface area contributed by atoms with Crippen molar-refractivity contribution in [2.24, 2.45) is 17.8 Å². The quantitative estimate of drug-likeness (QED) is 0.818. The molecule has 0 radical (unpaired) electrons. The Labute approximate surface area is 173 Å². The highest BCUT2D eigenvalue weighted by atomic mass is 19.4. The lowest BCUT2D eigenvalue weighted by Gasteiger charge is -2.37. The highest BCUT2D eigenvalue weighted by molar-refractivity contribution is 5.79. The number of hydrogen-bond donors (Lipinski definition) is 1. The van der Waals surface area contributed by atoms with Crippen molar-refractivity contribution in [3.05, 3.63) is 18.0 Å². The molecule has 1 saturated carbocycles. The molecule has 7 nitrogen and oxygen atoms in total. The summed E-state index contributed by atoms with van der Waals surface area (Å²) in [5, 5.41) is 14.1. The predicted octanol–water partition coefficient (Wildman–Crippen LogP) is 3.30. The molecule has 2 aromatic rings. The molecule has 2 aromatic heterocycles. The van der Waals surface area contributed by atoms with E-state index in [1.165, 1.54) is 12.5 Å². The number of fused-ring (bicyclic) bond motifs is 1. The van der Waals surface area contributed by atoms with E-state index in [1.54, 1.807) is 6.07 Å².